The van der Waals surface area contributed by atoms with Crippen LogP contribution in [0.5, 0.6) is 0 Å². The average Bonchev–Trinajstić information content (AvgIpc) is 2.98. The Morgan fingerprint density at radius 3 is 2.59 bits per heavy atom. The summed E-state index contributed by atoms with van der Waals surface area (Å²) >= 11 is 1.77. The van der Waals surface area contributed by atoms with Crippen LogP contribution in [0.2, 0.25) is 0 Å². The van der Waals surface area contributed by atoms with E-state index >= 15 is 0 Å². The van der Waals surface area contributed by atoms with E-state index in [0.29, 0.717) is 17.0 Å². The summed E-state index contributed by atoms with van der Waals surface area (Å²) in [5.41, 5.74) is -2.99. The lowest BCUT2D eigenvalue weighted by Crippen LogP contribution is -2.44. The van der Waals surface area contributed by atoms with Gasteiger partial charge in [0.25, 0.3) is 5.91 Å². The minimum absolute atomic E-state index is 0.254. The predicted molar refractivity (Wildman–Crippen MR) is 75.3 cm³/mol. The van der Waals surface area contributed by atoms with Gasteiger partial charge >= 0.3 is 6.18 Å². The van der Waals surface area contributed by atoms with Crippen LogP contribution >= 0.6 is 22.7 Å². The quantitative estimate of drug-likeness (QED) is 0.921. The molecule has 1 amide bonds. The number of alkyl halides is 3. The fourth-order valence-electron chi connectivity index (χ4n) is 1.64. The molecule has 2 aromatic heterocycles. The number of carbonyl (C=O) groups excluding carboxylic acids is 1. The minimum atomic E-state index is -5.03. The van der Waals surface area contributed by atoms with Crippen molar-refractivity contribution >= 4 is 28.6 Å². The summed E-state index contributed by atoms with van der Waals surface area (Å²) in [5.74, 6) is -1.06. The summed E-state index contributed by atoms with van der Waals surface area (Å²) in [5, 5.41) is 12.5. The lowest BCUT2D eigenvalue weighted by Gasteiger charge is -2.27. The van der Waals surface area contributed by atoms with Gasteiger partial charge < -0.3 is 9.67 Å². The number of rotatable bonds is 3. The molecule has 1 unspecified atom stereocenters. The highest BCUT2D eigenvalue weighted by Gasteiger charge is 2.58. The number of aliphatic hydroxyl groups is 1. The third kappa shape index (κ3) is 3.28. The largest absolute Gasteiger partial charge is 0.424 e. The second kappa shape index (κ2) is 5.94. The molecular formula is C12H12F3N3O2S2. The number of thiazole rings is 2. The van der Waals surface area contributed by atoms with Crippen molar-refractivity contribution in [2.45, 2.75) is 25.1 Å². The zero-order chi connectivity index (χ0) is 16.5. The topological polar surface area (TPSA) is 67.5 Å². The molecule has 0 radical (unpaired) electrons. The number of aryl methyl sites for hydroxylation is 2. The normalized spacial score (nSPS) is 15.8. The predicted octanol–water partition coefficient (Wildman–Crippen LogP) is 2.12. The minimum Gasteiger partial charge on any atom is -0.374 e. The summed E-state index contributed by atoms with van der Waals surface area (Å²) in [7, 11) is 1.61. The first-order chi connectivity index (χ1) is 10.1. The van der Waals surface area contributed by atoms with Crippen LogP contribution in [-0.2, 0) is 17.4 Å². The van der Waals surface area contributed by atoms with Crippen LogP contribution in [0.3, 0.4) is 0 Å². The van der Waals surface area contributed by atoms with Gasteiger partial charge in [0.1, 0.15) is 5.01 Å². The molecular weight excluding hydrogens is 339 g/mol. The van der Waals surface area contributed by atoms with Crippen molar-refractivity contribution in [1.29, 1.82) is 0 Å². The van der Waals surface area contributed by atoms with Crippen molar-refractivity contribution in [1.82, 2.24) is 9.55 Å². The SMILES string of the molecule is Cc1csc(C(O)(CC(=O)N=c2sccn2C)C(F)(F)F)n1. The van der Waals surface area contributed by atoms with E-state index in [1.807, 2.05) is 0 Å². The van der Waals surface area contributed by atoms with Crippen molar-refractivity contribution in [3.05, 3.63) is 32.5 Å². The van der Waals surface area contributed by atoms with E-state index in [0.717, 1.165) is 11.3 Å². The number of carbonyl (C=O) groups is 1. The molecule has 0 aliphatic rings. The Morgan fingerprint density at radius 2 is 2.14 bits per heavy atom. The number of halogens is 3. The zero-order valence-corrected chi connectivity index (χ0v) is 13.2. The van der Waals surface area contributed by atoms with E-state index in [-0.39, 0.29) is 4.80 Å². The van der Waals surface area contributed by atoms with Gasteiger partial charge in [0.05, 0.1) is 6.42 Å². The molecule has 0 bridgehead atoms. The average molecular weight is 351 g/mol. The molecule has 1 atom stereocenters. The Morgan fingerprint density at radius 1 is 1.45 bits per heavy atom. The van der Waals surface area contributed by atoms with Crippen molar-refractivity contribution in [3.8, 4) is 0 Å². The van der Waals surface area contributed by atoms with Crippen molar-refractivity contribution in [2.75, 3.05) is 0 Å². The summed E-state index contributed by atoms with van der Waals surface area (Å²) in [6.07, 6.45) is -4.61. The zero-order valence-electron chi connectivity index (χ0n) is 11.6. The lowest BCUT2D eigenvalue weighted by atomic mass is 9.99. The van der Waals surface area contributed by atoms with Crippen molar-refractivity contribution in [3.63, 3.8) is 0 Å². The van der Waals surface area contributed by atoms with Crippen LogP contribution in [-0.4, -0.2) is 26.7 Å². The Hall–Kier alpha value is -1.52. The molecule has 2 rings (SSSR count). The Balaban J connectivity index is 2.37. The summed E-state index contributed by atoms with van der Waals surface area (Å²) < 4.78 is 41.2. The first-order valence-electron chi connectivity index (χ1n) is 6.03. The molecule has 0 spiro atoms. The molecule has 120 valence electrons. The fraction of sp³-hybridized carbons (Fsp3) is 0.417. The van der Waals surface area contributed by atoms with Crippen LogP contribution < -0.4 is 4.80 Å². The molecule has 0 saturated heterocycles. The van der Waals surface area contributed by atoms with Gasteiger partial charge in [-0.3, -0.25) is 4.79 Å². The van der Waals surface area contributed by atoms with Crippen LogP contribution in [0.15, 0.2) is 21.9 Å². The molecule has 0 aromatic carbocycles. The van der Waals surface area contributed by atoms with Gasteiger partial charge in [0.2, 0.25) is 5.60 Å². The van der Waals surface area contributed by atoms with Gasteiger partial charge in [0, 0.05) is 29.7 Å². The molecule has 0 saturated carbocycles. The third-order valence-electron chi connectivity index (χ3n) is 2.83. The smallest absolute Gasteiger partial charge is 0.374 e. The maximum absolute atomic E-state index is 13.2. The van der Waals surface area contributed by atoms with E-state index in [9.17, 15) is 23.1 Å². The van der Waals surface area contributed by atoms with E-state index in [4.69, 9.17) is 0 Å². The number of hydrogen-bond donors (Lipinski definition) is 1. The van der Waals surface area contributed by atoms with E-state index in [1.165, 1.54) is 16.9 Å². The molecule has 0 aliphatic heterocycles. The maximum atomic E-state index is 13.2. The standard InChI is InChI=1S/C12H12F3N3O2S2/c1-7-6-22-9(16-7)11(20,12(13,14)15)5-8(19)17-10-18(2)3-4-21-10/h3-4,6,20H,5H2,1-2H3. The Bertz CT molecular complexity index is 747. The molecule has 0 fully saturated rings. The van der Waals surface area contributed by atoms with E-state index in [2.05, 4.69) is 9.98 Å². The molecule has 22 heavy (non-hydrogen) atoms. The van der Waals surface area contributed by atoms with Gasteiger partial charge in [0.15, 0.2) is 4.80 Å². The first kappa shape index (κ1) is 16.8. The van der Waals surface area contributed by atoms with Gasteiger partial charge in [-0.2, -0.15) is 18.2 Å². The molecule has 2 heterocycles. The van der Waals surface area contributed by atoms with E-state index in [1.54, 1.807) is 18.6 Å². The highest BCUT2D eigenvalue weighted by Crippen LogP contribution is 2.42. The first-order valence-corrected chi connectivity index (χ1v) is 7.79. The molecule has 10 heteroatoms. The summed E-state index contributed by atoms with van der Waals surface area (Å²) in [6.45, 7) is 1.51. The van der Waals surface area contributed by atoms with Crippen LogP contribution in [0, 0.1) is 6.92 Å². The van der Waals surface area contributed by atoms with Gasteiger partial charge in [-0.1, -0.05) is 0 Å². The van der Waals surface area contributed by atoms with Gasteiger partial charge in [-0.05, 0) is 6.92 Å². The molecule has 0 aliphatic carbocycles. The lowest BCUT2D eigenvalue weighted by molar-refractivity contribution is -0.267. The van der Waals surface area contributed by atoms with Crippen LogP contribution in [0.1, 0.15) is 17.1 Å². The summed E-state index contributed by atoms with van der Waals surface area (Å²) in [6, 6.07) is 0. The highest BCUT2D eigenvalue weighted by molar-refractivity contribution is 7.09. The molecule has 2 aromatic rings. The van der Waals surface area contributed by atoms with Crippen LogP contribution in [0.4, 0.5) is 13.2 Å². The number of nitrogens with zero attached hydrogens (tertiary/aromatic N) is 3. The summed E-state index contributed by atoms with van der Waals surface area (Å²) in [4.78, 5) is 19.4. The molecule has 5 nitrogen and oxygen atoms in total. The number of aromatic nitrogens is 2. The maximum Gasteiger partial charge on any atom is 0.424 e. The van der Waals surface area contributed by atoms with Crippen molar-refractivity contribution in [2.24, 2.45) is 12.0 Å². The second-order valence-electron chi connectivity index (χ2n) is 4.63. The molecule has 1 N–H and O–H groups in total. The number of amides is 1. The van der Waals surface area contributed by atoms with Crippen LogP contribution in [0.25, 0.3) is 0 Å². The van der Waals surface area contributed by atoms with Gasteiger partial charge in [-0.25, -0.2) is 4.98 Å². The van der Waals surface area contributed by atoms with Crippen molar-refractivity contribution < 1.29 is 23.1 Å². The third-order valence-corrected chi connectivity index (χ3v) is 4.79. The Kier molecular flexibility index (Phi) is 4.54. The second-order valence-corrected chi connectivity index (χ2v) is 6.36. The highest BCUT2D eigenvalue weighted by atomic mass is 32.1. The monoisotopic (exact) mass is 351 g/mol. The Labute approximate surface area is 131 Å². The van der Waals surface area contributed by atoms with E-state index < -0.39 is 29.1 Å². The number of hydrogen-bond acceptors (Lipinski definition) is 5. The van der Waals surface area contributed by atoms with Gasteiger partial charge in [-0.15, -0.1) is 22.7 Å². The fourth-order valence-corrected chi connectivity index (χ4v) is 3.30.